The zero-order valence-electron chi connectivity index (χ0n) is 16.4. The lowest BCUT2D eigenvalue weighted by Gasteiger charge is -2.21. The van der Waals surface area contributed by atoms with E-state index in [1.807, 2.05) is 6.07 Å². The van der Waals surface area contributed by atoms with Gasteiger partial charge >= 0.3 is 0 Å². The monoisotopic (exact) mass is 402 g/mol. The minimum absolute atomic E-state index is 0.198. The summed E-state index contributed by atoms with van der Waals surface area (Å²) in [7, 11) is 0. The topological polar surface area (TPSA) is 98.6 Å². The number of hydrogen-bond donors (Lipinski definition) is 2. The van der Waals surface area contributed by atoms with Gasteiger partial charge in [0.05, 0.1) is 22.7 Å². The van der Waals surface area contributed by atoms with Crippen molar-refractivity contribution in [2.75, 3.05) is 0 Å². The summed E-state index contributed by atoms with van der Waals surface area (Å²) in [5.74, 6) is -0.584. The van der Waals surface area contributed by atoms with Gasteiger partial charge < -0.3 is 10.3 Å². The maximum atomic E-state index is 13.8. The van der Waals surface area contributed by atoms with Gasteiger partial charge in [0.15, 0.2) is 0 Å². The van der Waals surface area contributed by atoms with Crippen molar-refractivity contribution in [2.24, 2.45) is 0 Å². The number of halogens is 1. The van der Waals surface area contributed by atoms with Gasteiger partial charge in [-0.3, -0.25) is 14.6 Å². The van der Waals surface area contributed by atoms with Crippen LogP contribution in [-0.4, -0.2) is 15.9 Å². The van der Waals surface area contributed by atoms with E-state index in [2.05, 4.69) is 21.4 Å². The molecular weight excluding hydrogens is 383 g/mol. The van der Waals surface area contributed by atoms with Crippen molar-refractivity contribution in [1.29, 1.82) is 5.26 Å². The molecule has 0 saturated heterocycles. The van der Waals surface area contributed by atoms with Crippen molar-refractivity contribution in [1.82, 2.24) is 15.3 Å². The first-order valence-electron chi connectivity index (χ1n) is 9.95. The molecular formula is C23H19FN4O2. The Balaban J connectivity index is 1.50. The smallest absolute Gasteiger partial charge is 0.252 e. The number of amides is 1. The number of benzene rings is 1. The molecule has 150 valence electrons. The van der Waals surface area contributed by atoms with E-state index in [-0.39, 0.29) is 23.3 Å². The molecule has 30 heavy (non-hydrogen) atoms. The summed E-state index contributed by atoms with van der Waals surface area (Å²) < 4.78 is 13.8. The van der Waals surface area contributed by atoms with E-state index >= 15 is 0 Å². The van der Waals surface area contributed by atoms with Gasteiger partial charge in [0.1, 0.15) is 11.9 Å². The molecule has 1 fully saturated rings. The average Bonchev–Trinajstić information content (AvgIpc) is 3.44. The van der Waals surface area contributed by atoms with E-state index in [9.17, 15) is 14.0 Å². The van der Waals surface area contributed by atoms with E-state index < -0.39 is 5.41 Å². The van der Waals surface area contributed by atoms with Crippen LogP contribution >= 0.6 is 0 Å². The molecule has 2 aliphatic carbocycles. The van der Waals surface area contributed by atoms with Crippen LogP contribution < -0.4 is 10.9 Å². The number of carbonyl (C=O) groups is 1. The molecule has 1 atom stereocenters. The minimum Gasteiger partial charge on any atom is -0.347 e. The first-order chi connectivity index (χ1) is 14.4. The molecule has 2 aromatic heterocycles. The highest BCUT2D eigenvalue weighted by atomic mass is 19.1. The second-order valence-corrected chi connectivity index (χ2v) is 8.17. The summed E-state index contributed by atoms with van der Waals surface area (Å²) in [6.07, 6.45) is 4.11. The van der Waals surface area contributed by atoms with Crippen molar-refractivity contribution in [3.05, 3.63) is 74.6 Å². The third-order valence-corrected chi connectivity index (χ3v) is 6.37. The molecule has 1 aromatic carbocycles. The van der Waals surface area contributed by atoms with Gasteiger partial charge in [0, 0.05) is 22.7 Å². The lowest BCUT2D eigenvalue weighted by molar-refractivity contribution is -0.124. The Hall–Kier alpha value is -3.53. The predicted octanol–water partition coefficient (Wildman–Crippen LogP) is 3.08. The number of hydrogen-bond acceptors (Lipinski definition) is 4. The molecule has 1 saturated carbocycles. The van der Waals surface area contributed by atoms with Gasteiger partial charge in [-0.15, -0.1) is 0 Å². The first kappa shape index (κ1) is 18.5. The highest BCUT2D eigenvalue weighted by Gasteiger charge is 2.54. The van der Waals surface area contributed by atoms with Gasteiger partial charge in [0.2, 0.25) is 5.91 Å². The van der Waals surface area contributed by atoms with E-state index in [1.165, 1.54) is 18.3 Å². The molecule has 3 aromatic rings. The fourth-order valence-corrected chi connectivity index (χ4v) is 4.69. The summed E-state index contributed by atoms with van der Waals surface area (Å²) in [4.78, 5) is 33.4. The van der Waals surface area contributed by atoms with Gasteiger partial charge in [-0.2, -0.15) is 5.26 Å². The van der Waals surface area contributed by atoms with Crippen LogP contribution in [0, 0.1) is 24.1 Å². The predicted molar refractivity (Wildman–Crippen MR) is 108 cm³/mol. The summed E-state index contributed by atoms with van der Waals surface area (Å²) in [6, 6.07) is 7.89. The Morgan fingerprint density at radius 3 is 2.90 bits per heavy atom. The molecule has 0 aliphatic heterocycles. The number of aromatic nitrogens is 2. The Morgan fingerprint density at radius 1 is 1.37 bits per heavy atom. The number of carbonyl (C=O) groups excluding carboxylic acids is 1. The van der Waals surface area contributed by atoms with E-state index in [4.69, 9.17) is 5.26 Å². The lowest BCUT2D eigenvalue weighted by Crippen LogP contribution is -2.40. The van der Waals surface area contributed by atoms with Crippen molar-refractivity contribution in [3.8, 4) is 6.07 Å². The molecule has 2 aliphatic rings. The second kappa shape index (κ2) is 6.49. The summed E-state index contributed by atoms with van der Waals surface area (Å²) >= 11 is 0. The number of aryl methyl sites for hydroxylation is 2. The third-order valence-electron chi connectivity index (χ3n) is 6.37. The van der Waals surface area contributed by atoms with Crippen LogP contribution in [0.15, 0.2) is 35.3 Å². The highest BCUT2D eigenvalue weighted by Crippen LogP contribution is 2.49. The fraction of sp³-hybridized carbons (Fsp3) is 0.304. The quantitative estimate of drug-likeness (QED) is 0.703. The Kier molecular flexibility index (Phi) is 4.00. The normalized spacial score (nSPS) is 18.6. The lowest BCUT2D eigenvalue weighted by atomic mass is 9.90. The molecule has 7 heteroatoms. The molecule has 2 heterocycles. The molecule has 2 N–H and O–H groups in total. The van der Waals surface area contributed by atoms with E-state index in [0.29, 0.717) is 46.9 Å². The summed E-state index contributed by atoms with van der Waals surface area (Å²) in [5, 5.41) is 12.7. The number of fused-ring (bicyclic) bond motifs is 2. The largest absolute Gasteiger partial charge is 0.347 e. The summed E-state index contributed by atoms with van der Waals surface area (Å²) in [6.45, 7) is 1.77. The molecule has 1 amide bonds. The zero-order valence-corrected chi connectivity index (χ0v) is 16.4. The molecule has 0 bridgehead atoms. The first-order valence-corrected chi connectivity index (χ1v) is 9.95. The number of aromatic amines is 1. The van der Waals surface area contributed by atoms with Crippen LogP contribution in [0.2, 0.25) is 0 Å². The van der Waals surface area contributed by atoms with Gasteiger partial charge in [0.25, 0.3) is 5.56 Å². The van der Waals surface area contributed by atoms with Crippen molar-refractivity contribution >= 4 is 16.8 Å². The fourth-order valence-electron chi connectivity index (χ4n) is 4.69. The zero-order chi connectivity index (χ0) is 21.0. The Labute approximate surface area is 171 Å². The minimum atomic E-state index is -0.895. The van der Waals surface area contributed by atoms with Crippen LogP contribution in [0.25, 0.3) is 10.9 Å². The highest BCUT2D eigenvalue weighted by molar-refractivity contribution is 5.94. The number of rotatable bonds is 3. The molecule has 0 radical (unpaired) electrons. The number of nitrogens with one attached hydrogen (secondary N) is 2. The van der Waals surface area contributed by atoms with Crippen LogP contribution in [-0.2, 0) is 16.6 Å². The van der Waals surface area contributed by atoms with Crippen molar-refractivity contribution in [3.63, 3.8) is 0 Å². The molecule has 0 spiro atoms. The molecule has 6 nitrogen and oxygen atoms in total. The second-order valence-electron chi connectivity index (χ2n) is 8.17. The summed E-state index contributed by atoms with van der Waals surface area (Å²) in [5.41, 5.74) is 2.68. The number of H-pyrrole nitrogens is 1. The van der Waals surface area contributed by atoms with Crippen LogP contribution in [0.4, 0.5) is 4.39 Å². The molecule has 5 rings (SSSR count). The van der Waals surface area contributed by atoms with Crippen molar-refractivity contribution < 1.29 is 9.18 Å². The SMILES string of the molecule is Cc1c(C2(C(=O)N[C@@H]3CCc4cc(C#N)cnc43)CC2)c(=O)[nH]c2ccc(F)cc12. The van der Waals surface area contributed by atoms with Gasteiger partial charge in [-0.25, -0.2) is 4.39 Å². The number of pyridine rings is 2. The maximum absolute atomic E-state index is 13.8. The Bertz CT molecular complexity index is 1320. The molecule has 0 unspecified atom stereocenters. The maximum Gasteiger partial charge on any atom is 0.252 e. The van der Waals surface area contributed by atoms with Crippen LogP contribution in [0.5, 0.6) is 0 Å². The standard InChI is InChI=1S/C23H19FN4O2/c1-12-16-9-15(24)3-5-17(16)27-21(29)19(12)23(6-7-23)22(30)28-18-4-2-14-8-13(10-25)11-26-20(14)18/h3,5,8-9,11,18H,2,4,6-7H2,1H3,(H,27,29)(H,28,30)/t18-/m1/s1. The van der Waals surface area contributed by atoms with Gasteiger partial charge in [-0.05, 0) is 68.0 Å². The Morgan fingerprint density at radius 2 is 2.17 bits per heavy atom. The van der Waals surface area contributed by atoms with Gasteiger partial charge in [-0.1, -0.05) is 0 Å². The van der Waals surface area contributed by atoms with Crippen LogP contribution in [0.3, 0.4) is 0 Å². The third kappa shape index (κ3) is 2.71. The average molecular weight is 402 g/mol. The van der Waals surface area contributed by atoms with Crippen LogP contribution in [0.1, 0.15) is 53.3 Å². The number of nitrogens with zero attached hydrogens (tertiary/aromatic N) is 2. The van der Waals surface area contributed by atoms with E-state index in [1.54, 1.807) is 13.0 Å². The number of nitriles is 1. The van der Waals surface area contributed by atoms with Crippen molar-refractivity contribution in [2.45, 2.75) is 44.1 Å². The van der Waals surface area contributed by atoms with E-state index in [0.717, 1.165) is 17.7 Å².